The molecule has 0 bridgehead atoms. The summed E-state index contributed by atoms with van der Waals surface area (Å²) in [7, 11) is 0. The first-order valence-electron chi connectivity index (χ1n) is 6.41. The first kappa shape index (κ1) is 12.6. The Bertz CT molecular complexity index is 448. The van der Waals surface area contributed by atoms with Gasteiger partial charge in [-0.25, -0.2) is 0 Å². The molecule has 0 amide bonds. The first-order chi connectivity index (χ1) is 8.83. The minimum Gasteiger partial charge on any atom is -0.302 e. The molecule has 0 aliphatic carbocycles. The van der Waals surface area contributed by atoms with E-state index in [1.54, 1.807) is 0 Å². The molecule has 0 radical (unpaired) electrons. The van der Waals surface area contributed by atoms with E-state index in [0.717, 1.165) is 30.3 Å². The summed E-state index contributed by atoms with van der Waals surface area (Å²) >= 11 is 0. The Morgan fingerprint density at radius 3 is 1.67 bits per heavy atom. The molecule has 92 valence electrons. The predicted molar refractivity (Wildman–Crippen MR) is 74.6 cm³/mol. The van der Waals surface area contributed by atoms with Crippen LogP contribution < -0.4 is 0 Å². The van der Waals surface area contributed by atoms with Crippen LogP contribution in [0, 0.1) is 0 Å². The third-order valence-corrected chi connectivity index (χ3v) is 3.42. The molecule has 0 fully saturated rings. The van der Waals surface area contributed by atoms with Crippen LogP contribution >= 0.6 is 0 Å². The van der Waals surface area contributed by atoms with Crippen molar-refractivity contribution in [2.45, 2.75) is 25.2 Å². The lowest BCUT2D eigenvalue weighted by molar-refractivity contribution is -0.111. The second-order valence-corrected chi connectivity index (χ2v) is 4.57. The molecular formula is C17H18O. The Balaban J connectivity index is 2.57. The summed E-state index contributed by atoms with van der Waals surface area (Å²) in [5, 5.41) is 0. The molecule has 0 spiro atoms. The number of carbonyl (C=O) groups excluding carboxylic acids is 1. The van der Waals surface area contributed by atoms with E-state index < -0.39 is 5.41 Å². The fraction of sp³-hybridized carbons (Fsp3) is 0.235. The minimum atomic E-state index is -0.503. The van der Waals surface area contributed by atoms with Gasteiger partial charge in [0.1, 0.15) is 6.29 Å². The summed E-state index contributed by atoms with van der Waals surface area (Å²) in [6.45, 7) is 2.12. The van der Waals surface area contributed by atoms with Crippen molar-refractivity contribution in [1.29, 1.82) is 0 Å². The highest BCUT2D eigenvalue weighted by molar-refractivity contribution is 5.75. The van der Waals surface area contributed by atoms with E-state index in [9.17, 15) is 4.79 Å². The first-order valence-corrected chi connectivity index (χ1v) is 6.41. The van der Waals surface area contributed by atoms with E-state index in [2.05, 4.69) is 6.92 Å². The van der Waals surface area contributed by atoms with Gasteiger partial charge in [0.05, 0.1) is 5.41 Å². The lowest BCUT2D eigenvalue weighted by atomic mass is 9.72. The lowest BCUT2D eigenvalue weighted by Crippen LogP contribution is -2.29. The molecule has 0 aromatic heterocycles. The van der Waals surface area contributed by atoms with Gasteiger partial charge < -0.3 is 4.79 Å². The molecule has 2 aromatic rings. The van der Waals surface area contributed by atoms with Crippen LogP contribution in [0.3, 0.4) is 0 Å². The summed E-state index contributed by atoms with van der Waals surface area (Å²) in [5.41, 5.74) is 1.65. The van der Waals surface area contributed by atoms with Gasteiger partial charge in [-0.1, -0.05) is 74.0 Å². The third kappa shape index (κ3) is 2.21. The van der Waals surface area contributed by atoms with Crippen molar-refractivity contribution in [3.05, 3.63) is 71.8 Å². The average Bonchev–Trinajstić information content (AvgIpc) is 2.47. The van der Waals surface area contributed by atoms with Crippen molar-refractivity contribution >= 4 is 6.29 Å². The Kier molecular flexibility index (Phi) is 3.93. The molecule has 0 heterocycles. The largest absolute Gasteiger partial charge is 0.302 e. The van der Waals surface area contributed by atoms with E-state index in [1.807, 2.05) is 60.7 Å². The quantitative estimate of drug-likeness (QED) is 0.720. The van der Waals surface area contributed by atoms with Gasteiger partial charge in [0, 0.05) is 0 Å². The molecule has 2 aromatic carbocycles. The maximum Gasteiger partial charge on any atom is 0.134 e. The molecule has 1 nitrogen and oxygen atoms in total. The van der Waals surface area contributed by atoms with Crippen LogP contribution in [0.2, 0.25) is 0 Å². The molecule has 18 heavy (non-hydrogen) atoms. The minimum absolute atomic E-state index is 0.503. The van der Waals surface area contributed by atoms with E-state index in [-0.39, 0.29) is 0 Å². The van der Waals surface area contributed by atoms with Crippen LogP contribution in [0.5, 0.6) is 0 Å². The van der Waals surface area contributed by atoms with Gasteiger partial charge in [0.2, 0.25) is 0 Å². The Hall–Kier alpha value is -1.89. The molecule has 0 aliphatic rings. The summed E-state index contributed by atoms with van der Waals surface area (Å²) in [6, 6.07) is 20.1. The van der Waals surface area contributed by atoms with Crippen LogP contribution in [0.25, 0.3) is 0 Å². The SMILES string of the molecule is CCCC(C=O)(c1ccccc1)c1ccccc1. The van der Waals surface area contributed by atoms with Crippen molar-refractivity contribution < 1.29 is 4.79 Å². The third-order valence-electron chi connectivity index (χ3n) is 3.42. The van der Waals surface area contributed by atoms with Crippen LogP contribution in [-0.2, 0) is 10.2 Å². The van der Waals surface area contributed by atoms with E-state index in [0.29, 0.717) is 0 Å². The van der Waals surface area contributed by atoms with Crippen LogP contribution in [0.4, 0.5) is 0 Å². The zero-order valence-corrected chi connectivity index (χ0v) is 10.7. The summed E-state index contributed by atoms with van der Waals surface area (Å²) in [5.74, 6) is 0. The Morgan fingerprint density at radius 1 is 0.889 bits per heavy atom. The summed E-state index contributed by atoms with van der Waals surface area (Å²) in [6.07, 6.45) is 2.91. The topological polar surface area (TPSA) is 17.1 Å². The average molecular weight is 238 g/mol. The number of rotatable bonds is 5. The van der Waals surface area contributed by atoms with Crippen LogP contribution in [-0.4, -0.2) is 6.29 Å². The van der Waals surface area contributed by atoms with Gasteiger partial charge in [-0.3, -0.25) is 0 Å². The number of carbonyl (C=O) groups is 1. The molecule has 0 aliphatic heterocycles. The number of hydrogen-bond acceptors (Lipinski definition) is 1. The summed E-state index contributed by atoms with van der Waals surface area (Å²) in [4.78, 5) is 11.8. The Morgan fingerprint density at radius 2 is 1.33 bits per heavy atom. The molecule has 0 saturated heterocycles. The van der Waals surface area contributed by atoms with Gasteiger partial charge in [0.25, 0.3) is 0 Å². The van der Waals surface area contributed by atoms with Crippen molar-refractivity contribution in [2.24, 2.45) is 0 Å². The highest BCUT2D eigenvalue weighted by atomic mass is 16.1. The van der Waals surface area contributed by atoms with Crippen molar-refractivity contribution in [2.75, 3.05) is 0 Å². The van der Waals surface area contributed by atoms with Gasteiger partial charge >= 0.3 is 0 Å². The molecule has 0 atom stereocenters. The second kappa shape index (κ2) is 5.63. The maximum atomic E-state index is 11.8. The van der Waals surface area contributed by atoms with Gasteiger partial charge in [-0.2, -0.15) is 0 Å². The molecule has 1 heteroatoms. The monoisotopic (exact) mass is 238 g/mol. The predicted octanol–water partition coefficient (Wildman–Crippen LogP) is 3.97. The molecule has 0 saturated carbocycles. The lowest BCUT2D eigenvalue weighted by Gasteiger charge is -2.29. The van der Waals surface area contributed by atoms with Gasteiger partial charge in [-0.05, 0) is 17.5 Å². The second-order valence-electron chi connectivity index (χ2n) is 4.57. The molecule has 0 unspecified atom stereocenters. The number of benzene rings is 2. The van der Waals surface area contributed by atoms with E-state index in [1.165, 1.54) is 0 Å². The normalized spacial score (nSPS) is 11.2. The zero-order valence-electron chi connectivity index (χ0n) is 10.7. The van der Waals surface area contributed by atoms with Crippen LogP contribution in [0.15, 0.2) is 60.7 Å². The van der Waals surface area contributed by atoms with Crippen molar-refractivity contribution in [3.63, 3.8) is 0 Å². The number of hydrogen-bond donors (Lipinski definition) is 0. The summed E-state index contributed by atoms with van der Waals surface area (Å²) < 4.78 is 0. The Labute approximate surface area is 108 Å². The molecular weight excluding hydrogens is 220 g/mol. The van der Waals surface area contributed by atoms with Crippen molar-refractivity contribution in [3.8, 4) is 0 Å². The maximum absolute atomic E-state index is 11.8. The molecule has 2 rings (SSSR count). The zero-order chi connectivity index (χ0) is 12.8. The van der Waals surface area contributed by atoms with Crippen molar-refractivity contribution in [1.82, 2.24) is 0 Å². The smallest absolute Gasteiger partial charge is 0.134 e. The van der Waals surface area contributed by atoms with Gasteiger partial charge in [-0.15, -0.1) is 0 Å². The van der Waals surface area contributed by atoms with E-state index in [4.69, 9.17) is 0 Å². The fourth-order valence-corrected chi connectivity index (χ4v) is 2.52. The van der Waals surface area contributed by atoms with Gasteiger partial charge in [0.15, 0.2) is 0 Å². The molecule has 0 N–H and O–H groups in total. The van der Waals surface area contributed by atoms with E-state index >= 15 is 0 Å². The van der Waals surface area contributed by atoms with Crippen LogP contribution in [0.1, 0.15) is 30.9 Å². The highest BCUT2D eigenvalue weighted by Crippen LogP contribution is 2.34. The number of aldehydes is 1. The highest BCUT2D eigenvalue weighted by Gasteiger charge is 2.32. The standard InChI is InChI=1S/C17H18O/c1-2-13-17(14-18,15-9-5-3-6-10-15)16-11-7-4-8-12-16/h3-12,14H,2,13H2,1H3. The fourth-order valence-electron chi connectivity index (χ4n) is 2.52.